The van der Waals surface area contributed by atoms with Crippen molar-refractivity contribution in [2.45, 2.75) is 0 Å². The summed E-state index contributed by atoms with van der Waals surface area (Å²) in [6.07, 6.45) is 0. The molecule has 0 aliphatic heterocycles. The number of hydrogen-bond donors (Lipinski definition) is 0. The molecule has 0 N–H and O–H groups in total. The summed E-state index contributed by atoms with van der Waals surface area (Å²) in [4.78, 5) is 7.25. The molecule has 0 saturated carbocycles. The van der Waals surface area contributed by atoms with Crippen LogP contribution in [0.1, 0.15) is 0 Å². The molecule has 0 rings (SSSR count). The summed E-state index contributed by atoms with van der Waals surface area (Å²) in [5, 5.41) is 31.2. The minimum atomic E-state index is 0. The largest absolute Gasteiger partial charge is 6.00 e. The van der Waals surface area contributed by atoms with E-state index in [2.05, 4.69) is 0 Å². The van der Waals surface area contributed by atoms with Crippen LogP contribution in [0.4, 0.5) is 0 Å². The summed E-state index contributed by atoms with van der Waals surface area (Å²) in [5.74, 6) is 0. The van der Waals surface area contributed by atoms with Crippen molar-refractivity contribution in [2.24, 2.45) is 0 Å². The fourth-order valence-corrected chi connectivity index (χ4v) is 0. The van der Waals surface area contributed by atoms with Crippen molar-refractivity contribution >= 4 is 59.1 Å². The van der Waals surface area contributed by atoms with Gasteiger partial charge in [-0.2, -0.15) is 0 Å². The molecule has 0 aromatic rings. The summed E-state index contributed by atoms with van der Waals surface area (Å²) in [5.41, 5.74) is 5.75. The van der Waals surface area contributed by atoms with Gasteiger partial charge in [-0.25, -0.2) is 0 Å². The zero-order valence-corrected chi connectivity index (χ0v) is 13.0. The molecular formula is C5FeN6Na2O. The Morgan fingerprint density at radius 3 is 0.533 bits per heavy atom. The van der Waals surface area contributed by atoms with Gasteiger partial charge in [-0.3, -0.25) is 0 Å². The summed E-state index contributed by atoms with van der Waals surface area (Å²) < 4.78 is 0. The topological polar surface area (TPSA) is 158 Å². The molecule has 0 aliphatic carbocycles. The van der Waals surface area contributed by atoms with Crippen LogP contribution in [0.2, 0.25) is 0 Å². The van der Waals surface area contributed by atoms with Crippen LogP contribution in [0.15, 0.2) is 0 Å². The second-order valence-electron chi connectivity index (χ2n) is 0. The fourth-order valence-electron chi connectivity index (χ4n) is 0. The fraction of sp³-hybridized carbons (Fsp3) is 0. The number of nitroso groups, excluding NO2 is 1. The normalized spacial score (nSPS) is 0.933. The van der Waals surface area contributed by atoms with E-state index >= 15 is 0 Å². The second kappa shape index (κ2) is 11600. The molecule has 0 aromatic heterocycles. The maximum Gasteiger partial charge on any atom is 6.00 e. The van der Waals surface area contributed by atoms with Crippen LogP contribution in [0, 0.1) is 64.1 Å². The number of rotatable bonds is 0. The SMILES string of the molecule is [C-]#N.[C-]#N.[C-]#N.[C-]#N.[C-]#N.[Fe+6].[N-]=O.[Na].[Na]. The molecule has 15 heavy (non-hydrogen) atoms. The van der Waals surface area contributed by atoms with Crippen molar-refractivity contribution in [3.63, 3.8) is 0 Å². The summed E-state index contributed by atoms with van der Waals surface area (Å²) in [7, 11) is 0. The van der Waals surface area contributed by atoms with E-state index in [1.807, 2.05) is 0 Å². The molecule has 0 unspecified atom stereocenters. The van der Waals surface area contributed by atoms with Crippen molar-refractivity contribution in [1.29, 1.82) is 26.3 Å². The Kier molecular flexibility index (Phi) is 66700. The van der Waals surface area contributed by atoms with Gasteiger partial charge in [-0.1, -0.05) is 0 Å². The molecule has 66 valence electrons. The van der Waals surface area contributed by atoms with Gasteiger partial charge in [-0.15, -0.1) is 0 Å². The Labute approximate surface area is 144 Å². The first-order chi connectivity index (χ1) is 6.00. The van der Waals surface area contributed by atoms with Crippen LogP contribution in [0.3, 0.4) is 0 Å². The quantitative estimate of drug-likeness (QED) is 0.442. The molecular weight excluding hydrogens is 262 g/mol. The van der Waals surface area contributed by atoms with Gasteiger partial charge in [0.25, 0.3) is 0 Å². The minimum absolute atomic E-state index is 0. The van der Waals surface area contributed by atoms with Crippen LogP contribution < -0.4 is 0 Å². The van der Waals surface area contributed by atoms with Crippen molar-refractivity contribution < 1.29 is 17.1 Å². The smallest absolute Gasteiger partial charge is 0.577 e. The Bertz CT molecular complexity index is 98.9. The van der Waals surface area contributed by atoms with Gasteiger partial charge < -0.3 is 69.7 Å². The second-order valence-corrected chi connectivity index (χ2v) is 0. The summed E-state index contributed by atoms with van der Waals surface area (Å²) in [6.45, 7) is 23.8. The monoisotopic (exact) mass is 262 g/mol. The van der Waals surface area contributed by atoms with Crippen LogP contribution in [0.5, 0.6) is 0 Å². The zero-order chi connectivity index (χ0) is 12.0. The maximum absolute atomic E-state index is 7.25. The Morgan fingerprint density at radius 2 is 0.533 bits per heavy atom. The van der Waals surface area contributed by atoms with Crippen molar-refractivity contribution in [1.82, 2.24) is 0 Å². The molecule has 2 radical (unpaired) electrons. The molecule has 0 spiro atoms. The number of hydrogen-bond acceptors (Lipinski definition) is 6. The maximum atomic E-state index is 7.25. The predicted octanol–water partition coefficient (Wildman–Crippen LogP) is 0.0399. The minimum Gasteiger partial charge on any atom is -0.577 e. The molecule has 0 fully saturated rings. The third-order valence-corrected chi connectivity index (χ3v) is 0. The molecule has 0 saturated heterocycles. The average Bonchev–Trinajstić information content (AvgIpc) is 2.33. The summed E-state index contributed by atoms with van der Waals surface area (Å²) >= 11 is 0. The van der Waals surface area contributed by atoms with E-state index in [9.17, 15) is 0 Å². The molecule has 0 bridgehead atoms. The Hall–Kier alpha value is -0.431. The molecule has 7 nitrogen and oxygen atoms in total. The Morgan fingerprint density at radius 1 is 0.533 bits per heavy atom. The first-order valence-corrected chi connectivity index (χ1v) is 1.30. The van der Waals surface area contributed by atoms with Crippen LogP contribution >= 0.6 is 0 Å². The van der Waals surface area contributed by atoms with Gasteiger partial charge in [0.05, 0.1) is 0 Å². The van der Waals surface area contributed by atoms with Crippen molar-refractivity contribution in [3.05, 3.63) is 43.4 Å². The average molecular weight is 262 g/mol. The van der Waals surface area contributed by atoms with Gasteiger partial charge in [-0.05, 0) is 0 Å². The van der Waals surface area contributed by atoms with Crippen LogP contribution in [-0.4, -0.2) is 59.1 Å². The first-order valence-electron chi connectivity index (χ1n) is 1.30. The van der Waals surface area contributed by atoms with E-state index in [1.165, 1.54) is 0 Å². The van der Waals surface area contributed by atoms with Gasteiger partial charge >= 0.3 is 17.1 Å². The van der Waals surface area contributed by atoms with Crippen LogP contribution in [-0.2, 0) is 17.1 Å². The van der Waals surface area contributed by atoms with Gasteiger partial charge in [0.2, 0.25) is 0 Å². The third kappa shape index (κ3) is 9800. The molecule has 0 aliphatic rings. The van der Waals surface area contributed by atoms with E-state index in [-0.39, 0.29) is 76.2 Å². The van der Waals surface area contributed by atoms with Crippen molar-refractivity contribution in [2.75, 3.05) is 0 Å². The Balaban J connectivity index is -0.00000000396. The standard InChI is InChI=1S/5CN.Fe.NO.2Na/c5*1-2;;1-2;;/q5*-1;+6;-1;;. The molecule has 0 atom stereocenters. The predicted molar refractivity (Wildman–Crippen MR) is 43.1 cm³/mol. The van der Waals surface area contributed by atoms with E-state index < -0.39 is 0 Å². The van der Waals surface area contributed by atoms with E-state index in [1.54, 1.807) is 0 Å². The molecule has 0 aromatic carbocycles. The van der Waals surface area contributed by atoms with Gasteiger partial charge in [0.1, 0.15) is 0 Å². The molecule has 0 amide bonds. The zero-order valence-electron chi connectivity index (χ0n) is 7.95. The third-order valence-electron chi connectivity index (χ3n) is 0. The summed E-state index contributed by atoms with van der Waals surface area (Å²) in [6, 6.07) is 0. The molecule has 10 heteroatoms. The van der Waals surface area contributed by atoms with Gasteiger partial charge in [0.15, 0.2) is 0 Å². The van der Waals surface area contributed by atoms with E-state index in [0.29, 0.717) is 0 Å². The van der Waals surface area contributed by atoms with E-state index in [4.69, 9.17) is 69.7 Å². The van der Waals surface area contributed by atoms with E-state index in [0.717, 1.165) is 0 Å². The van der Waals surface area contributed by atoms with Gasteiger partial charge in [0, 0.05) is 59.1 Å². The number of nitrogens with zero attached hydrogens (tertiary/aromatic N) is 6. The van der Waals surface area contributed by atoms with Crippen molar-refractivity contribution in [3.8, 4) is 0 Å². The first kappa shape index (κ1) is 86.5. The van der Waals surface area contributed by atoms with Crippen LogP contribution in [0.25, 0.3) is 5.59 Å². The molecule has 0 heterocycles.